The van der Waals surface area contributed by atoms with Crippen molar-refractivity contribution in [1.82, 2.24) is 0 Å². The van der Waals surface area contributed by atoms with E-state index in [4.69, 9.17) is 10.5 Å². The van der Waals surface area contributed by atoms with Crippen LogP contribution in [0.3, 0.4) is 0 Å². The SMILES string of the molecule is NC(=O)c1ccc(C(=O)Nc2ccc(Oc3ccccc3)cc2)cc1. The Bertz CT molecular complexity index is 873. The molecular formula is C20H16N2O3. The van der Waals surface area contributed by atoms with Gasteiger partial charge in [-0.2, -0.15) is 0 Å². The summed E-state index contributed by atoms with van der Waals surface area (Å²) in [4.78, 5) is 23.3. The Morgan fingerprint density at radius 2 is 1.28 bits per heavy atom. The predicted octanol–water partition coefficient (Wildman–Crippen LogP) is 3.83. The molecule has 0 heterocycles. The van der Waals surface area contributed by atoms with Crippen molar-refractivity contribution in [3.8, 4) is 11.5 Å². The number of amides is 2. The van der Waals surface area contributed by atoms with Gasteiger partial charge in [0.05, 0.1) is 0 Å². The van der Waals surface area contributed by atoms with Gasteiger partial charge in [0.25, 0.3) is 5.91 Å². The zero-order valence-corrected chi connectivity index (χ0v) is 13.3. The quantitative estimate of drug-likeness (QED) is 0.745. The number of anilines is 1. The minimum Gasteiger partial charge on any atom is -0.457 e. The van der Waals surface area contributed by atoms with Crippen molar-refractivity contribution < 1.29 is 14.3 Å². The van der Waals surface area contributed by atoms with Gasteiger partial charge in [-0.1, -0.05) is 18.2 Å². The summed E-state index contributed by atoms with van der Waals surface area (Å²) in [6.07, 6.45) is 0. The van der Waals surface area contributed by atoms with Crippen LogP contribution >= 0.6 is 0 Å². The summed E-state index contributed by atoms with van der Waals surface area (Å²) in [6, 6.07) is 22.7. The lowest BCUT2D eigenvalue weighted by molar-refractivity contribution is 0.0995. The number of benzene rings is 3. The highest BCUT2D eigenvalue weighted by Crippen LogP contribution is 2.22. The zero-order valence-electron chi connectivity index (χ0n) is 13.3. The summed E-state index contributed by atoms with van der Waals surface area (Å²) in [7, 11) is 0. The fourth-order valence-corrected chi connectivity index (χ4v) is 2.22. The minimum atomic E-state index is -0.527. The van der Waals surface area contributed by atoms with Crippen LogP contribution in [0, 0.1) is 0 Å². The molecule has 3 N–H and O–H groups in total. The molecule has 5 heteroatoms. The lowest BCUT2D eigenvalue weighted by atomic mass is 10.1. The van der Waals surface area contributed by atoms with Gasteiger partial charge in [0.2, 0.25) is 5.91 Å². The van der Waals surface area contributed by atoms with E-state index < -0.39 is 5.91 Å². The maximum Gasteiger partial charge on any atom is 0.255 e. The number of nitrogens with two attached hydrogens (primary N) is 1. The van der Waals surface area contributed by atoms with Crippen LogP contribution in [-0.2, 0) is 0 Å². The Kier molecular flexibility index (Phi) is 4.76. The molecule has 25 heavy (non-hydrogen) atoms. The van der Waals surface area contributed by atoms with Crippen LogP contribution < -0.4 is 15.8 Å². The van der Waals surface area contributed by atoms with Gasteiger partial charge in [0.1, 0.15) is 11.5 Å². The maximum absolute atomic E-state index is 12.2. The molecule has 0 aromatic heterocycles. The predicted molar refractivity (Wildman–Crippen MR) is 95.9 cm³/mol. The smallest absolute Gasteiger partial charge is 0.255 e. The molecule has 0 saturated heterocycles. The monoisotopic (exact) mass is 332 g/mol. The van der Waals surface area contributed by atoms with E-state index in [1.807, 2.05) is 30.3 Å². The summed E-state index contributed by atoms with van der Waals surface area (Å²) in [5.41, 5.74) is 6.62. The van der Waals surface area contributed by atoms with E-state index in [1.54, 1.807) is 36.4 Å². The van der Waals surface area contributed by atoms with E-state index in [0.717, 1.165) is 5.75 Å². The van der Waals surface area contributed by atoms with Crippen LogP contribution in [0.15, 0.2) is 78.9 Å². The van der Waals surface area contributed by atoms with Gasteiger partial charge in [-0.15, -0.1) is 0 Å². The average Bonchev–Trinajstić information content (AvgIpc) is 2.64. The summed E-state index contributed by atoms with van der Waals surface area (Å²) in [6.45, 7) is 0. The number of nitrogens with one attached hydrogen (secondary N) is 1. The van der Waals surface area contributed by atoms with E-state index in [1.165, 1.54) is 12.1 Å². The standard InChI is InChI=1S/C20H16N2O3/c21-19(23)14-6-8-15(9-7-14)20(24)22-16-10-12-18(13-11-16)25-17-4-2-1-3-5-17/h1-13H,(H2,21,23)(H,22,24). The van der Waals surface area contributed by atoms with Crippen LogP contribution in [-0.4, -0.2) is 11.8 Å². The number of carbonyl (C=O) groups is 2. The maximum atomic E-state index is 12.2. The van der Waals surface area contributed by atoms with Gasteiger partial charge >= 0.3 is 0 Å². The van der Waals surface area contributed by atoms with Crippen LogP contribution in [0.25, 0.3) is 0 Å². The molecule has 0 spiro atoms. The molecule has 124 valence electrons. The second-order valence-corrected chi connectivity index (χ2v) is 5.34. The van der Waals surface area contributed by atoms with Crippen LogP contribution in [0.4, 0.5) is 5.69 Å². The normalized spacial score (nSPS) is 10.1. The molecule has 0 aliphatic carbocycles. The molecule has 0 radical (unpaired) electrons. The van der Waals surface area contributed by atoms with Gasteiger partial charge in [-0.25, -0.2) is 0 Å². The number of carbonyl (C=O) groups excluding carboxylic acids is 2. The van der Waals surface area contributed by atoms with Gasteiger partial charge in [-0.3, -0.25) is 9.59 Å². The molecule has 0 bridgehead atoms. The number of ether oxygens (including phenoxy) is 1. The fraction of sp³-hybridized carbons (Fsp3) is 0. The number of para-hydroxylation sites is 1. The van der Waals surface area contributed by atoms with Crippen molar-refractivity contribution in [3.05, 3.63) is 90.0 Å². The van der Waals surface area contributed by atoms with E-state index in [0.29, 0.717) is 22.6 Å². The number of rotatable bonds is 5. The Labute approximate surface area is 145 Å². The summed E-state index contributed by atoms with van der Waals surface area (Å²) in [5.74, 6) is 0.623. The van der Waals surface area contributed by atoms with Gasteiger partial charge in [0, 0.05) is 16.8 Å². The molecule has 3 aromatic rings. The van der Waals surface area contributed by atoms with Crippen molar-refractivity contribution >= 4 is 17.5 Å². The van der Waals surface area contributed by atoms with Crippen molar-refractivity contribution in [2.75, 3.05) is 5.32 Å². The molecule has 0 saturated carbocycles. The van der Waals surface area contributed by atoms with Crippen LogP contribution in [0.1, 0.15) is 20.7 Å². The van der Waals surface area contributed by atoms with Crippen LogP contribution in [0.5, 0.6) is 11.5 Å². The molecule has 0 aliphatic heterocycles. The van der Waals surface area contributed by atoms with Gasteiger partial charge in [0.15, 0.2) is 0 Å². The molecule has 0 aliphatic rings. The lowest BCUT2D eigenvalue weighted by Crippen LogP contribution is -2.14. The van der Waals surface area contributed by atoms with E-state index in [2.05, 4.69) is 5.32 Å². The third kappa shape index (κ3) is 4.23. The van der Waals surface area contributed by atoms with Crippen molar-refractivity contribution in [2.45, 2.75) is 0 Å². The van der Waals surface area contributed by atoms with Gasteiger partial charge in [-0.05, 0) is 60.7 Å². The first-order valence-corrected chi connectivity index (χ1v) is 7.66. The first-order valence-electron chi connectivity index (χ1n) is 7.66. The Hall–Kier alpha value is -3.60. The number of primary amides is 1. The zero-order chi connectivity index (χ0) is 17.6. The topological polar surface area (TPSA) is 81.4 Å². The molecule has 0 fully saturated rings. The summed E-state index contributed by atoms with van der Waals surface area (Å²) in [5, 5.41) is 2.79. The molecular weight excluding hydrogens is 316 g/mol. The molecule has 3 rings (SSSR count). The highest BCUT2D eigenvalue weighted by atomic mass is 16.5. The minimum absolute atomic E-state index is 0.271. The molecule has 2 amide bonds. The van der Waals surface area contributed by atoms with E-state index in [-0.39, 0.29) is 5.91 Å². The third-order valence-electron chi connectivity index (χ3n) is 3.52. The van der Waals surface area contributed by atoms with Crippen molar-refractivity contribution in [2.24, 2.45) is 5.73 Å². The molecule has 0 atom stereocenters. The highest BCUT2D eigenvalue weighted by molar-refractivity contribution is 6.05. The Morgan fingerprint density at radius 3 is 1.88 bits per heavy atom. The van der Waals surface area contributed by atoms with Crippen LogP contribution in [0.2, 0.25) is 0 Å². The third-order valence-corrected chi connectivity index (χ3v) is 3.52. The van der Waals surface area contributed by atoms with Gasteiger partial charge < -0.3 is 15.8 Å². The first kappa shape index (κ1) is 16.3. The summed E-state index contributed by atoms with van der Waals surface area (Å²) < 4.78 is 5.70. The molecule has 3 aromatic carbocycles. The molecule has 0 unspecified atom stereocenters. The number of hydrogen-bond acceptors (Lipinski definition) is 3. The average molecular weight is 332 g/mol. The second-order valence-electron chi connectivity index (χ2n) is 5.34. The Morgan fingerprint density at radius 1 is 0.720 bits per heavy atom. The first-order chi connectivity index (χ1) is 12.1. The molecule has 5 nitrogen and oxygen atoms in total. The van der Waals surface area contributed by atoms with Crippen molar-refractivity contribution in [3.63, 3.8) is 0 Å². The number of hydrogen-bond donors (Lipinski definition) is 2. The highest BCUT2D eigenvalue weighted by Gasteiger charge is 2.08. The van der Waals surface area contributed by atoms with E-state index >= 15 is 0 Å². The summed E-state index contributed by atoms with van der Waals surface area (Å²) >= 11 is 0. The fourth-order valence-electron chi connectivity index (χ4n) is 2.22. The lowest BCUT2D eigenvalue weighted by Gasteiger charge is -2.08. The second kappa shape index (κ2) is 7.31. The Balaban J connectivity index is 1.64. The largest absolute Gasteiger partial charge is 0.457 e. The van der Waals surface area contributed by atoms with E-state index in [9.17, 15) is 9.59 Å². The van der Waals surface area contributed by atoms with Crippen molar-refractivity contribution in [1.29, 1.82) is 0 Å².